The molecular formula is C8H10FNO2. The number of carboxylic acids is 1. The number of halogens is 1. The average Bonchev–Trinajstić information content (AvgIpc) is 2.34. The van der Waals surface area contributed by atoms with E-state index in [1.165, 1.54) is 23.8 Å². The van der Waals surface area contributed by atoms with Crippen LogP contribution in [0.1, 0.15) is 17.3 Å². The molecule has 1 atom stereocenters. The third-order valence-corrected chi connectivity index (χ3v) is 1.46. The largest absolute Gasteiger partial charge is 0.478 e. The quantitative estimate of drug-likeness (QED) is 0.749. The molecule has 0 saturated heterocycles. The van der Waals surface area contributed by atoms with Crippen LogP contribution in [0.3, 0.4) is 0 Å². The van der Waals surface area contributed by atoms with Gasteiger partial charge in [0.25, 0.3) is 0 Å². The average molecular weight is 171 g/mol. The third kappa shape index (κ3) is 2.08. The standard InChI is InChI=1S/C8H10FNO2/c1-6(9)4-10-3-2-7(5-10)8(11)12/h2-3,5-6H,4H2,1H3,(H,11,12). The number of hydrogen-bond donors (Lipinski definition) is 1. The molecule has 1 heterocycles. The molecule has 0 aliphatic carbocycles. The zero-order chi connectivity index (χ0) is 9.14. The maximum Gasteiger partial charge on any atom is 0.337 e. The Bertz CT molecular complexity index is 280. The van der Waals surface area contributed by atoms with Crippen LogP contribution in [0.2, 0.25) is 0 Å². The Hall–Kier alpha value is -1.32. The first-order valence-electron chi connectivity index (χ1n) is 3.62. The number of carboxylic acid groups (broad SMARTS) is 1. The number of aromatic carboxylic acids is 1. The molecule has 0 spiro atoms. The molecule has 4 heteroatoms. The van der Waals surface area contributed by atoms with E-state index in [2.05, 4.69) is 0 Å². The van der Waals surface area contributed by atoms with E-state index in [9.17, 15) is 9.18 Å². The topological polar surface area (TPSA) is 42.2 Å². The molecule has 0 aliphatic rings. The number of nitrogens with zero attached hydrogens (tertiary/aromatic N) is 1. The van der Waals surface area contributed by atoms with Gasteiger partial charge in [0.1, 0.15) is 6.17 Å². The monoisotopic (exact) mass is 171 g/mol. The van der Waals surface area contributed by atoms with Gasteiger partial charge in [0.2, 0.25) is 0 Å². The van der Waals surface area contributed by atoms with Crippen molar-refractivity contribution in [1.82, 2.24) is 4.57 Å². The highest BCUT2D eigenvalue weighted by molar-refractivity contribution is 5.87. The summed E-state index contributed by atoms with van der Waals surface area (Å²) < 4.78 is 14.0. The maximum absolute atomic E-state index is 12.4. The van der Waals surface area contributed by atoms with Crippen molar-refractivity contribution in [2.24, 2.45) is 0 Å². The van der Waals surface area contributed by atoms with E-state index in [0.717, 1.165) is 0 Å². The lowest BCUT2D eigenvalue weighted by molar-refractivity contribution is 0.0696. The molecule has 3 nitrogen and oxygen atoms in total. The minimum absolute atomic E-state index is 0.190. The maximum atomic E-state index is 12.4. The summed E-state index contributed by atoms with van der Waals surface area (Å²) in [5, 5.41) is 8.53. The summed E-state index contributed by atoms with van der Waals surface area (Å²) >= 11 is 0. The Balaban J connectivity index is 2.71. The van der Waals surface area contributed by atoms with Crippen molar-refractivity contribution in [1.29, 1.82) is 0 Å². The van der Waals surface area contributed by atoms with Gasteiger partial charge in [-0.05, 0) is 13.0 Å². The molecular weight excluding hydrogens is 161 g/mol. The molecule has 12 heavy (non-hydrogen) atoms. The number of hydrogen-bond acceptors (Lipinski definition) is 1. The fourth-order valence-electron chi connectivity index (χ4n) is 0.971. The summed E-state index contributed by atoms with van der Waals surface area (Å²) in [6.45, 7) is 1.63. The van der Waals surface area contributed by atoms with Gasteiger partial charge in [0.15, 0.2) is 0 Å². The number of alkyl halides is 1. The summed E-state index contributed by atoms with van der Waals surface area (Å²) in [5.41, 5.74) is 0.190. The van der Waals surface area contributed by atoms with Gasteiger partial charge in [-0.15, -0.1) is 0 Å². The lowest BCUT2D eigenvalue weighted by Crippen LogP contribution is -2.05. The van der Waals surface area contributed by atoms with Crippen molar-refractivity contribution in [2.75, 3.05) is 0 Å². The lowest BCUT2D eigenvalue weighted by atomic mass is 10.3. The van der Waals surface area contributed by atoms with Gasteiger partial charge in [-0.25, -0.2) is 9.18 Å². The summed E-state index contributed by atoms with van der Waals surface area (Å²) in [7, 11) is 0. The van der Waals surface area contributed by atoms with E-state index in [1.807, 2.05) is 0 Å². The van der Waals surface area contributed by atoms with E-state index in [4.69, 9.17) is 5.11 Å². The van der Waals surface area contributed by atoms with Crippen LogP contribution in [0.5, 0.6) is 0 Å². The molecule has 0 amide bonds. The van der Waals surface area contributed by atoms with Crippen molar-refractivity contribution >= 4 is 5.97 Å². The van der Waals surface area contributed by atoms with Gasteiger partial charge in [-0.2, -0.15) is 0 Å². The minimum Gasteiger partial charge on any atom is -0.478 e. The molecule has 1 rings (SSSR count). The van der Waals surface area contributed by atoms with Crippen LogP contribution in [0.4, 0.5) is 4.39 Å². The van der Waals surface area contributed by atoms with Gasteiger partial charge in [0, 0.05) is 12.4 Å². The van der Waals surface area contributed by atoms with E-state index in [0.29, 0.717) is 0 Å². The number of rotatable bonds is 3. The molecule has 0 fully saturated rings. The van der Waals surface area contributed by atoms with Gasteiger partial charge < -0.3 is 9.67 Å². The normalized spacial score (nSPS) is 12.8. The first-order valence-corrected chi connectivity index (χ1v) is 3.62. The Morgan fingerprint density at radius 3 is 2.92 bits per heavy atom. The van der Waals surface area contributed by atoms with Gasteiger partial charge >= 0.3 is 5.97 Å². The van der Waals surface area contributed by atoms with E-state index in [-0.39, 0.29) is 12.1 Å². The first kappa shape index (κ1) is 8.77. The van der Waals surface area contributed by atoms with Crippen molar-refractivity contribution in [3.8, 4) is 0 Å². The van der Waals surface area contributed by atoms with Crippen molar-refractivity contribution in [3.05, 3.63) is 24.0 Å². The highest BCUT2D eigenvalue weighted by Crippen LogP contribution is 2.03. The minimum atomic E-state index is -0.986. The third-order valence-electron chi connectivity index (χ3n) is 1.46. The van der Waals surface area contributed by atoms with Crippen molar-refractivity contribution < 1.29 is 14.3 Å². The van der Waals surface area contributed by atoms with Crippen LogP contribution < -0.4 is 0 Å². The smallest absolute Gasteiger partial charge is 0.337 e. The molecule has 0 aromatic carbocycles. The lowest BCUT2D eigenvalue weighted by Gasteiger charge is -2.01. The number of aromatic nitrogens is 1. The second kappa shape index (κ2) is 3.38. The van der Waals surface area contributed by atoms with Crippen molar-refractivity contribution in [3.63, 3.8) is 0 Å². The van der Waals surface area contributed by atoms with Gasteiger partial charge in [0.05, 0.1) is 12.1 Å². The fraction of sp³-hybridized carbons (Fsp3) is 0.375. The number of carbonyl (C=O) groups is 1. The molecule has 0 radical (unpaired) electrons. The molecule has 1 aromatic rings. The zero-order valence-electron chi connectivity index (χ0n) is 6.70. The fourth-order valence-corrected chi connectivity index (χ4v) is 0.971. The SMILES string of the molecule is CC(F)Cn1ccc(C(=O)O)c1. The summed E-state index contributed by atoms with van der Waals surface area (Å²) in [5.74, 6) is -0.986. The molecule has 1 N–H and O–H groups in total. The highest BCUT2D eigenvalue weighted by Gasteiger charge is 2.05. The van der Waals surface area contributed by atoms with Gasteiger partial charge in [-0.1, -0.05) is 0 Å². The van der Waals surface area contributed by atoms with Crippen LogP contribution in [-0.4, -0.2) is 21.8 Å². The van der Waals surface area contributed by atoms with E-state index >= 15 is 0 Å². The zero-order valence-corrected chi connectivity index (χ0v) is 6.70. The Morgan fingerprint density at radius 1 is 1.83 bits per heavy atom. The van der Waals surface area contributed by atoms with E-state index in [1.54, 1.807) is 6.20 Å². The second-order valence-electron chi connectivity index (χ2n) is 2.68. The second-order valence-corrected chi connectivity index (χ2v) is 2.68. The molecule has 1 aromatic heterocycles. The summed E-state index contributed by atoms with van der Waals surface area (Å²) in [6.07, 6.45) is 2.01. The summed E-state index contributed by atoms with van der Waals surface area (Å²) in [6, 6.07) is 1.45. The molecule has 66 valence electrons. The highest BCUT2D eigenvalue weighted by atomic mass is 19.1. The van der Waals surface area contributed by atoms with Crippen LogP contribution in [0.15, 0.2) is 18.5 Å². The van der Waals surface area contributed by atoms with E-state index < -0.39 is 12.1 Å². The predicted octanol–water partition coefficient (Wildman–Crippen LogP) is 1.54. The molecule has 0 aliphatic heterocycles. The van der Waals surface area contributed by atoms with Crippen LogP contribution >= 0.6 is 0 Å². The van der Waals surface area contributed by atoms with Crippen LogP contribution in [0.25, 0.3) is 0 Å². The molecule has 0 bridgehead atoms. The Labute approximate surface area is 69.4 Å². The Morgan fingerprint density at radius 2 is 2.50 bits per heavy atom. The van der Waals surface area contributed by atoms with Gasteiger partial charge in [-0.3, -0.25) is 0 Å². The summed E-state index contributed by atoms with van der Waals surface area (Å²) in [4.78, 5) is 10.4. The molecule has 0 saturated carbocycles. The van der Waals surface area contributed by atoms with Crippen molar-refractivity contribution in [2.45, 2.75) is 19.6 Å². The van der Waals surface area contributed by atoms with Crippen LogP contribution in [-0.2, 0) is 6.54 Å². The first-order chi connectivity index (χ1) is 5.59. The van der Waals surface area contributed by atoms with Crippen LogP contribution in [0, 0.1) is 0 Å². The molecule has 1 unspecified atom stereocenters. The predicted molar refractivity (Wildman–Crippen MR) is 42.0 cm³/mol. The Kier molecular flexibility index (Phi) is 2.47.